The zero-order valence-electron chi connectivity index (χ0n) is 17.5. The topological polar surface area (TPSA) is 68.9 Å². The van der Waals surface area contributed by atoms with Gasteiger partial charge in [-0.25, -0.2) is 0 Å². The number of likely N-dealkylation sites (tertiary alicyclic amines) is 1. The summed E-state index contributed by atoms with van der Waals surface area (Å²) in [4.78, 5) is 14.5. The molecule has 3 aromatic rings. The minimum atomic E-state index is -0.296. The molecule has 0 bridgehead atoms. The van der Waals surface area contributed by atoms with Crippen LogP contribution < -0.4 is 10.1 Å². The molecule has 0 saturated carbocycles. The minimum absolute atomic E-state index is 0.0433. The number of nitrogens with one attached hydrogen (secondary N) is 1. The van der Waals surface area contributed by atoms with Crippen molar-refractivity contribution in [3.8, 4) is 11.4 Å². The molecule has 31 heavy (non-hydrogen) atoms. The molecule has 7 heteroatoms. The van der Waals surface area contributed by atoms with Crippen molar-refractivity contribution < 1.29 is 18.7 Å². The highest BCUT2D eigenvalue weighted by molar-refractivity contribution is 5.91. The molecular weight excluding hydrogens is 394 g/mol. The van der Waals surface area contributed by atoms with Crippen molar-refractivity contribution in [2.75, 3.05) is 32.1 Å². The maximum absolute atomic E-state index is 12.6. The number of benzene rings is 1. The summed E-state index contributed by atoms with van der Waals surface area (Å²) in [6, 6.07) is 13.9. The molecule has 1 atom stereocenters. The van der Waals surface area contributed by atoms with Crippen molar-refractivity contribution in [3.05, 3.63) is 66.4 Å². The third-order valence-electron chi connectivity index (χ3n) is 7.02. The Labute approximate surface area is 180 Å². The van der Waals surface area contributed by atoms with Crippen LogP contribution in [0.2, 0.25) is 0 Å². The van der Waals surface area contributed by atoms with E-state index in [2.05, 4.69) is 40.3 Å². The fourth-order valence-electron chi connectivity index (χ4n) is 5.42. The van der Waals surface area contributed by atoms with Gasteiger partial charge in [-0.15, -0.1) is 0 Å². The number of nitrogens with zero attached hydrogens (tertiary/aromatic N) is 2. The monoisotopic (exact) mass is 419 g/mol. The molecule has 2 aromatic heterocycles. The minimum Gasteiger partial charge on any atom is -0.497 e. The van der Waals surface area contributed by atoms with Crippen LogP contribution in [-0.2, 0) is 10.3 Å². The number of piperidine rings is 1. The van der Waals surface area contributed by atoms with Crippen LogP contribution in [0.4, 0.5) is 5.69 Å². The van der Waals surface area contributed by atoms with Crippen molar-refractivity contribution in [3.63, 3.8) is 0 Å². The second-order valence-corrected chi connectivity index (χ2v) is 8.77. The fraction of sp³-hybridized carbons (Fsp3) is 0.375. The number of carbonyl (C=O) groups is 1. The number of amides is 1. The standard InChI is InChI=1S/C24H25N3O4/c1-29-17-6-7-19-18(14-17)25-24(21-5-2-10-27(19)21)15-23(31-16-24)8-11-26(12-9-23)22(28)20-4-3-13-30-20/h2-7,10,13-14,25H,8-9,11-12,15-16H2,1H3. The second-order valence-electron chi connectivity index (χ2n) is 8.77. The van der Waals surface area contributed by atoms with Crippen LogP contribution in [-0.4, -0.2) is 47.8 Å². The van der Waals surface area contributed by atoms with Crippen LogP contribution in [0, 0.1) is 0 Å². The molecule has 160 valence electrons. The van der Waals surface area contributed by atoms with Gasteiger partial charge in [0, 0.05) is 31.8 Å². The number of hydrogen-bond donors (Lipinski definition) is 1. The number of hydrogen-bond acceptors (Lipinski definition) is 5. The van der Waals surface area contributed by atoms with Gasteiger partial charge in [0.25, 0.3) is 5.91 Å². The van der Waals surface area contributed by atoms with Crippen molar-refractivity contribution in [2.45, 2.75) is 30.4 Å². The first-order chi connectivity index (χ1) is 15.1. The van der Waals surface area contributed by atoms with Gasteiger partial charge < -0.3 is 28.7 Å². The maximum atomic E-state index is 12.6. The SMILES string of the molecule is COc1ccc2c(c1)NC1(COC3(CCN(C(=O)c4ccco4)CC3)C1)c1cccn1-2. The van der Waals surface area contributed by atoms with E-state index in [9.17, 15) is 4.79 Å². The summed E-state index contributed by atoms with van der Waals surface area (Å²) >= 11 is 0. The summed E-state index contributed by atoms with van der Waals surface area (Å²) in [5.41, 5.74) is 2.85. The lowest BCUT2D eigenvalue weighted by atomic mass is 9.79. The second kappa shape index (κ2) is 6.65. The van der Waals surface area contributed by atoms with E-state index in [4.69, 9.17) is 13.9 Å². The van der Waals surface area contributed by atoms with Gasteiger partial charge in [-0.1, -0.05) is 0 Å². The van der Waals surface area contributed by atoms with Crippen molar-refractivity contribution in [2.24, 2.45) is 0 Å². The van der Waals surface area contributed by atoms with Crippen molar-refractivity contribution in [1.82, 2.24) is 9.47 Å². The Hall–Kier alpha value is -3.19. The van der Waals surface area contributed by atoms with E-state index in [1.165, 1.54) is 5.69 Å². The molecule has 3 aliphatic heterocycles. The van der Waals surface area contributed by atoms with Gasteiger partial charge in [0.05, 0.1) is 42.6 Å². The zero-order chi connectivity index (χ0) is 21.1. The maximum Gasteiger partial charge on any atom is 0.289 e. The Morgan fingerprint density at radius 2 is 2.03 bits per heavy atom. The molecule has 3 aliphatic rings. The van der Waals surface area contributed by atoms with Crippen LogP contribution in [0.3, 0.4) is 0 Å². The van der Waals surface area contributed by atoms with E-state index in [0.29, 0.717) is 25.5 Å². The Balaban J connectivity index is 1.26. The highest BCUT2D eigenvalue weighted by Crippen LogP contribution is 2.50. The number of carbonyl (C=O) groups excluding carboxylic acids is 1. The molecule has 7 nitrogen and oxygen atoms in total. The molecule has 1 N–H and O–H groups in total. The van der Waals surface area contributed by atoms with E-state index in [-0.39, 0.29) is 17.0 Å². The van der Waals surface area contributed by atoms with E-state index in [1.807, 2.05) is 11.0 Å². The van der Waals surface area contributed by atoms with Gasteiger partial charge in [-0.05, 0) is 49.2 Å². The van der Waals surface area contributed by atoms with E-state index < -0.39 is 0 Å². The molecule has 2 saturated heterocycles. The van der Waals surface area contributed by atoms with Crippen LogP contribution in [0.1, 0.15) is 35.5 Å². The third kappa shape index (κ3) is 2.80. The lowest BCUT2D eigenvalue weighted by molar-refractivity contribution is -0.0396. The number of aromatic nitrogens is 1. The fourth-order valence-corrected chi connectivity index (χ4v) is 5.42. The van der Waals surface area contributed by atoms with Gasteiger partial charge in [0.1, 0.15) is 11.3 Å². The molecule has 5 heterocycles. The van der Waals surface area contributed by atoms with Crippen LogP contribution >= 0.6 is 0 Å². The first-order valence-electron chi connectivity index (χ1n) is 10.7. The number of methoxy groups -OCH3 is 1. The van der Waals surface area contributed by atoms with Gasteiger partial charge >= 0.3 is 0 Å². The smallest absolute Gasteiger partial charge is 0.289 e. The van der Waals surface area contributed by atoms with Gasteiger partial charge in [0.2, 0.25) is 0 Å². The largest absolute Gasteiger partial charge is 0.497 e. The van der Waals surface area contributed by atoms with E-state index in [1.54, 1.807) is 25.5 Å². The van der Waals surface area contributed by atoms with E-state index >= 15 is 0 Å². The molecular formula is C24H25N3O4. The first-order valence-corrected chi connectivity index (χ1v) is 10.7. The van der Waals surface area contributed by atoms with Crippen LogP contribution in [0.5, 0.6) is 5.75 Å². The molecule has 2 spiro atoms. The number of ether oxygens (including phenoxy) is 2. The Bertz CT molecular complexity index is 1130. The highest BCUT2D eigenvalue weighted by Gasteiger charge is 2.54. The molecule has 0 aliphatic carbocycles. The molecule has 0 radical (unpaired) electrons. The molecule has 2 fully saturated rings. The predicted molar refractivity (Wildman–Crippen MR) is 115 cm³/mol. The van der Waals surface area contributed by atoms with Gasteiger partial charge in [0.15, 0.2) is 5.76 Å². The average Bonchev–Trinajstić information content (AvgIpc) is 3.55. The predicted octanol–water partition coefficient (Wildman–Crippen LogP) is 3.80. The molecule has 1 aromatic carbocycles. The Kier molecular flexibility index (Phi) is 3.99. The summed E-state index contributed by atoms with van der Waals surface area (Å²) in [7, 11) is 1.69. The number of rotatable bonds is 2. The number of furan rings is 1. The lowest BCUT2D eigenvalue weighted by Gasteiger charge is -2.41. The normalized spacial score (nSPS) is 23.5. The molecule has 6 rings (SSSR count). The first kappa shape index (κ1) is 18.6. The third-order valence-corrected chi connectivity index (χ3v) is 7.02. The highest BCUT2D eigenvalue weighted by atomic mass is 16.5. The van der Waals surface area contributed by atoms with Crippen molar-refractivity contribution >= 4 is 11.6 Å². The van der Waals surface area contributed by atoms with Gasteiger partial charge in [-0.2, -0.15) is 0 Å². The van der Waals surface area contributed by atoms with Gasteiger partial charge in [-0.3, -0.25) is 4.79 Å². The quantitative estimate of drug-likeness (QED) is 0.684. The Morgan fingerprint density at radius 3 is 2.81 bits per heavy atom. The van der Waals surface area contributed by atoms with Crippen molar-refractivity contribution in [1.29, 1.82) is 0 Å². The van der Waals surface area contributed by atoms with E-state index in [0.717, 1.165) is 36.4 Å². The summed E-state index contributed by atoms with van der Waals surface area (Å²) in [6.45, 7) is 1.93. The average molecular weight is 419 g/mol. The summed E-state index contributed by atoms with van der Waals surface area (Å²) in [5.74, 6) is 1.19. The number of anilines is 1. The lowest BCUT2D eigenvalue weighted by Crippen LogP contribution is -2.48. The Morgan fingerprint density at radius 1 is 1.16 bits per heavy atom. The molecule has 1 amide bonds. The summed E-state index contributed by atoms with van der Waals surface area (Å²) < 4.78 is 19.5. The summed E-state index contributed by atoms with van der Waals surface area (Å²) in [5, 5.41) is 3.80. The zero-order valence-corrected chi connectivity index (χ0v) is 17.5. The summed E-state index contributed by atoms with van der Waals surface area (Å²) in [6.07, 6.45) is 6.14. The van der Waals surface area contributed by atoms with Crippen LogP contribution in [0.15, 0.2) is 59.3 Å². The van der Waals surface area contributed by atoms with Crippen LogP contribution in [0.25, 0.3) is 5.69 Å². The molecule has 1 unspecified atom stereocenters. The number of fused-ring (bicyclic) bond motifs is 4.